The first kappa shape index (κ1) is 13.2. The largest absolute Gasteiger partial charge is 0.334 e. The van der Waals surface area contributed by atoms with Crippen molar-refractivity contribution in [3.8, 4) is 11.5 Å². The number of halogens is 1. The second-order valence-electron chi connectivity index (χ2n) is 4.66. The molecule has 1 aromatic heterocycles. The molecule has 0 aliphatic heterocycles. The fraction of sp³-hybridized carbons (Fsp3) is 0.385. The van der Waals surface area contributed by atoms with Crippen molar-refractivity contribution in [3.05, 3.63) is 34.1 Å². The number of aryl methyl sites for hydroxylation is 1. The standard InChI is InChI=1S/C13H16BrN3O/c1-7(2)11(15)12-16-13(18-17-12)9-6-4-5-8(3)10(9)14/h4-7,11H,15H2,1-3H3. The van der Waals surface area contributed by atoms with Crippen molar-refractivity contribution in [2.24, 2.45) is 11.7 Å². The van der Waals surface area contributed by atoms with E-state index in [4.69, 9.17) is 10.3 Å². The van der Waals surface area contributed by atoms with Crippen LogP contribution in [0, 0.1) is 12.8 Å². The monoisotopic (exact) mass is 309 g/mol. The van der Waals surface area contributed by atoms with Gasteiger partial charge in [0.2, 0.25) is 0 Å². The molecule has 0 bridgehead atoms. The van der Waals surface area contributed by atoms with Crippen LogP contribution in [0.25, 0.3) is 11.5 Å². The molecule has 0 saturated heterocycles. The number of aromatic nitrogens is 2. The van der Waals surface area contributed by atoms with Crippen molar-refractivity contribution in [1.82, 2.24) is 10.1 Å². The van der Waals surface area contributed by atoms with Crippen LogP contribution in [-0.2, 0) is 0 Å². The molecule has 4 nitrogen and oxygen atoms in total. The maximum Gasteiger partial charge on any atom is 0.259 e. The highest BCUT2D eigenvalue weighted by Gasteiger charge is 2.19. The van der Waals surface area contributed by atoms with E-state index in [1.807, 2.05) is 39.0 Å². The van der Waals surface area contributed by atoms with Crippen LogP contribution in [0.2, 0.25) is 0 Å². The molecule has 5 heteroatoms. The molecule has 2 rings (SSSR count). The first-order chi connectivity index (χ1) is 8.50. The lowest BCUT2D eigenvalue weighted by Crippen LogP contribution is -2.18. The van der Waals surface area contributed by atoms with Gasteiger partial charge >= 0.3 is 0 Å². The SMILES string of the molecule is Cc1cccc(-c2nc(C(N)C(C)C)no2)c1Br. The maximum atomic E-state index is 6.00. The summed E-state index contributed by atoms with van der Waals surface area (Å²) in [5.74, 6) is 1.32. The summed E-state index contributed by atoms with van der Waals surface area (Å²) in [6, 6.07) is 5.72. The zero-order chi connectivity index (χ0) is 13.3. The van der Waals surface area contributed by atoms with Gasteiger partial charge in [-0.15, -0.1) is 0 Å². The summed E-state index contributed by atoms with van der Waals surface area (Å²) in [7, 11) is 0. The van der Waals surface area contributed by atoms with Crippen LogP contribution in [0.4, 0.5) is 0 Å². The van der Waals surface area contributed by atoms with Gasteiger partial charge in [-0.25, -0.2) is 0 Å². The average molecular weight is 310 g/mol. The maximum absolute atomic E-state index is 6.00. The van der Waals surface area contributed by atoms with Crippen LogP contribution in [0.3, 0.4) is 0 Å². The molecule has 1 unspecified atom stereocenters. The topological polar surface area (TPSA) is 64.9 Å². The van der Waals surface area contributed by atoms with Gasteiger partial charge in [0.25, 0.3) is 5.89 Å². The molecule has 0 spiro atoms. The van der Waals surface area contributed by atoms with Crippen LogP contribution < -0.4 is 5.73 Å². The van der Waals surface area contributed by atoms with Gasteiger partial charge in [-0.05, 0) is 40.4 Å². The van der Waals surface area contributed by atoms with E-state index in [0.29, 0.717) is 11.7 Å². The van der Waals surface area contributed by atoms with Crippen LogP contribution >= 0.6 is 15.9 Å². The first-order valence-corrected chi connectivity index (χ1v) is 6.64. The number of nitrogens with two attached hydrogens (primary N) is 1. The van der Waals surface area contributed by atoms with E-state index in [1.165, 1.54) is 0 Å². The predicted octanol–water partition coefficient (Wildman–Crippen LogP) is 3.46. The highest BCUT2D eigenvalue weighted by Crippen LogP contribution is 2.30. The summed E-state index contributed by atoms with van der Waals surface area (Å²) < 4.78 is 6.26. The van der Waals surface area contributed by atoms with E-state index < -0.39 is 0 Å². The van der Waals surface area contributed by atoms with Crippen LogP contribution in [0.1, 0.15) is 31.3 Å². The summed E-state index contributed by atoms with van der Waals surface area (Å²) in [5.41, 5.74) is 8.02. The molecule has 18 heavy (non-hydrogen) atoms. The Balaban J connectivity index is 2.38. The summed E-state index contributed by atoms with van der Waals surface area (Å²) in [4.78, 5) is 4.37. The molecule has 96 valence electrons. The molecule has 1 aromatic carbocycles. The lowest BCUT2D eigenvalue weighted by molar-refractivity contribution is 0.400. The fourth-order valence-corrected chi connectivity index (χ4v) is 2.02. The normalized spacial score (nSPS) is 13.0. The van der Waals surface area contributed by atoms with E-state index in [9.17, 15) is 0 Å². The smallest absolute Gasteiger partial charge is 0.259 e. The van der Waals surface area contributed by atoms with Crippen molar-refractivity contribution in [2.75, 3.05) is 0 Å². The third-order valence-corrected chi connectivity index (χ3v) is 3.93. The zero-order valence-corrected chi connectivity index (χ0v) is 12.2. The number of hydrogen-bond acceptors (Lipinski definition) is 4. The Labute approximate surface area is 115 Å². The fourth-order valence-electron chi connectivity index (χ4n) is 1.59. The summed E-state index contributed by atoms with van der Waals surface area (Å²) >= 11 is 3.53. The molecule has 0 saturated carbocycles. The average Bonchev–Trinajstić information content (AvgIpc) is 2.80. The minimum atomic E-state index is -0.203. The Bertz CT molecular complexity index is 551. The Hall–Kier alpha value is -1.20. The molecular weight excluding hydrogens is 294 g/mol. The number of nitrogens with zero attached hydrogens (tertiary/aromatic N) is 2. The van der Waals surface area contributed by atoms with Crippen LogP contribution in [0.5, 0.6) is 0 Å². The van der Waals surface area contributed by atoms with Gasteiger partial charge in [-0.2, -0.15) is 4.98 Å². The van der Waals surface area contributed by atoms with Crippen molar-refractivity contribution in [3.63, 3.8) is 0 Å². The third kappa shape index (κ3) is 2.47. The molecule has 2 aromatic rings. The minimum Gasteiger partial charge on any atom is -0.334 e. The van der Waals surface area contributed by atoms with E-state index in [0.717, 1.165) is 15.6 Å². The lowest BCUT2D eigenvalue weighted by atomic mass is 10.1. The quantitative estimate of drug-likeness (QED) is 0.943. The highest BCUT2D eigenvalue weighted by molar-refractivity contribution is 9.10. The molecule has 1 heterocycles. The van der Waals surface area contributed by atoms with E-state index in [2.05, 4.69) is 26.1 Å². The van der Waals surface area contributed by atoms with E-state index in [-0.39, 0.29) is 12.0 Å². The number of hydrogen-bond donors (Lipinski definition) is 1. The molecule has 0 radical (unpaired) electrons. The highest BCUT2D eigenvalue weighted by atomic mass is 79.9. The van der Waals surface area contributed by atoms with Crippen molar-refractivity contribution in [1.29, 1.82) is 0 Å². The Kier molecular flexibility index (Phi) is 3.82. The third-order valence-electron chi connectivity index (χ3n) is 2.88. The zero-order valence-electron chi connectivity index (χ0n) is 10.6. The van der Waals surface area contributed by atoms with Crippen molar-refractivity contribution < 1.29 is 4.52 Å². The van der Waals surface area contributed by atoms with Gasteiger partial charge in [0.1, 0.15) is 0 Å². The van der Waals surface area contributed by atoms with Gasteiger partial charge in [-0.1, -0.05) is 31.1 Å². The van der Waals surface area contributed by atoms with Gasteiger partial charge in [0, 0.05) is 4.47 Å². The van der Waals surface area contributed by atoms with E-state index >= 15 is 0 Å². The molecular formula is C13H16BrN3O. The van der Waals surface area contributed by atoms with Gasteiger partial charge < -0.3 is 10.3 Å². The summed E-state index contributed by atoms with van der Waals surface area (Å²) in [6.07, 6.45) is 0. The molecule has 0 fully saturated rings. The first-order valence-electron chi connectivity index (χ1n) is 5.85. The van der Waals surface area contributed by atoms with E-state index in [1.54, 1.807) is 0 Å². The Morgan fingerprint density at radius 2 is 2.06 bits per heavy atom. The molecule has 1 atom stereocenters. The second-order valence-corrected chi connectivity index (χ2v) is 5.46. The van der Waals surface area contributed by atoms with Crippen molar-refractivity contribution >= 4 is 15.9 Å². The van der Waals surface area contributed by atoms with Crippen LogP contribution in [0.15, 0.2) is 27.2 Å². The molecule has 0 amide bonds. The summed E-state index contributed by atoms with van der Waals surface area (Å²) in [5, 5.41) is 3.95. The molecule has 2 N–H and O–H groups in total. The Morgan fingerprint density at radius 1 is 1.33 bits per heavy atom. The lowest BCUT2D eigenvalue weighted by Gasteiger charge is -2.09. The number of rotatable bonds is 3. The van der Waals surface area contributed by atoms with Crippen molar-refractivity contribution in [2.45, 2.75) is 26.8 Å². The summed E-state index contributed by atoms with van der Waals surface area (Å²) in [6.45, 7) is 6.08. The minimum absolute atomic E-state index is 0.203. The van der Waals surface area contributed by atoms with Gasteiger partial charge in [0.05, 0.1) is 11.6 Å². The molecule has 0 aliphatic carbocycles. The van der Waals surface area contributed by atoms with Gasteiger partial charge in [0.15, 0.2) is 5.82 Å². The second kappa shape index (κ2) is 5.20. The Morgan fingerprint density at radius 3 is 2.72 bits per heavy atom. The molecule has 0 aliphatic rings. The predicted molar refractivity (Wildman–Crippen MR) is 73.9 cm³/mol. The number of benzene rings is 1. The van der Waals surface area contributed by atoms with Crippen LogP contribution in [-0.4, -0.2) is 10.1 Å². The van der Waals surface area contributed by atoms with Gasteiger partial charge in [-0.3, -0.25) is 0 Å².